The van der Waals surface area contributed by atoms with Crippen molar-refractivity contribution in [1.82, 2.24) is 14.7 Å². The van der Waals surface area contributed by atoms with Crippen molar-refractivity contribution in [1.29, 1.82) is 0 Å². The number of aryl methyl sites for hydroxylation is 1. The third kappa shape index (κ3) is 5.45. The van der Waals surface area contributed by atoms with Gasteiger partial charge in [0.1, 0.15) is 11.3 Å². The van der Waals surface area contributed by atoms with Crippen LogP contribution < -0.4 is 5.32 Å². The van der Waals surface area contributed by atoms with Crippen molar-refractivity contribution in [2.45, 2.75) is 51.6 Å². The van der Waals surface area contributed by atoms with Crippen LogP contribution in [0, 0.1) is 0 Å². The minimum Gasteiger partial charge on any atom is -0.481 e. The highest BCUT2D eigenvalue weighted by Gasteiger charge is 2.31. The fourth-order valence-corrected chi connectivity index (χ4v) is 2.78. The smallest absolute Gasteiger partial charge is 0.417 e. The zero-order chi connectivity index (χ0) is 20.0. The summed E-state index contributed by atoms with van der Waals surface area (Å²) < 4.78 is 40.2. The lowest BCUT2D eigenvalue weighted by atomic mass is 10.2. The van der Waals surface area contributed by atoms with Gasteiger partial charge in [-0.15, -0.1) is 0 Å². The molecule has 2 aromatic rings. The topological polar surface area (TPSA) is 83.7 Å². The van der Waals surface area contributed by atoms with Gasteiger partial charge in [-0.25, -0.2) is 4.98 Å². The van der Waals surface area contributed by atoms with Crippen molar-refractivity contribution in [3.05, 3.63) is 35.3 Å². The molecule has 0 spiro atoms. The number of unbranched alkanes of at least 4 members (excludes halogenated alkanes) is 2. The molecular formula is C18H22F3N3O3. The van der Waals surface area contributed by atoms with Gasteiger partial charge in [0.2, 0.25) is 0 Å². The van der Waals surface area contributed by atoms with E-state index in [1.165, 1.54) is 10.5 Å². The molecule has 148 valence electrons. The van der Waals surface area contributed by atoms with E-state index in [0.717, 1.165) is 12.3 Å². The first kappa shape index (κ1) is 20.7. The SMILES string of the molecule is CCCc1nc2ccc(C(F)(F)F)cn2c1C(=O)NCCCCCC(=O)O. The minimum absolute atomic E-state index is 0.0715. The number of nitrogens with one attached hydrogen (secondary N) is 1. The van der Waals surface area contributed by atoms with Gasteiger partial charge in [0.25, 0.3) is 5.91 Å². The second kappa shape index (κ2) is 8.88. The van der Waals surface area contributed by atoms with Crippen LogP contribution in [0.1, 0.15) is 60.8 Å². The molecule has 0 atom stereocenters. The zero-order valence-electron chi connectivity index (χ0n) is 15.0. The van der Waals surface area contributed by atoms with Crippen LogP contribution in [0.15, 0.2) is 18.3 Å². The van der Waals surface area contributed by atoms with Crippen molar-refractivity contribution >= 4 is 17.5 Å². The number of fused-ring (bicyclic) bond motifs is 1. The Morgan fingerprint density at radius 2 is 1.96 bits per heavy atom. The molecule has 9 heteroatoms. The molecule has 6 nitrogen and oxygen atoms in total. The second-order valence-electron chi connectivity index (χ2n) is 6.26. The van der Waals surface area contributed by atoms with E-state index in [2.05, 4.69) is 10.3 Å². The second-order valence-corrected chi connectivity index (χ2v) is 6.26. The number of carboxylic acids is 1. The third-order valence-electron chi connectivity index (χ3n) is 4.07. The number of nitrogens with zero attached hydrogens (tertiary/aromatic N) is 2. The maximum Gasteiger partial charge on any atom is 0.417 e. The Hall–Kier alpha value is -2.58. The van der Waals surface area contributed by atoms with Crippen LogP contribution in [-0.4, -0.2) is 32.9 Å². The fourth-order valence-electron chi connectivity index (χ4n) is 2.78. The maximum absolute atomic E-state index is 13.0. The summed E-state index contributed by atoms with van der Waals surface area (Å²) in [5, 5.41) is 11.3. The van der Waals surface area contributed by atoms with Gasteiger partial charge < -0.3 is 10.4 Å². The van der Waals surface area contributed by atoms with Gasteiger partial charge in [0.15, 0.2) is 0 Å². The number of carbonyl (C=O) groups is 2. The molecule has 0 aromatic carbocycles. The Balaban J connectivity index is 2.17. The number of amides is 1. The Kier molecular flexibility index (Phi) is 6.81. The van der Waals surface area contributed by atoms with Gasteiger partial charge in [-0.1, -0.05) is 19.8 Å². The molecule has 0 unspecified atom stereocenters. The number of imidazole rings is 1. The first-order valence-corrected chi connectivity index (χ1v) is 8.82. The highest BCUT2D eigenvalue weighted by atomic mass is 19.4. The van der Waals surface area contributed by atoms with Crippen LogP contribution in [0.2, 0.25) is 0 Å². The Labute approximate surface area is 154 Å². The van der Waals surface area contributed by atoms with Crippen molar-refractivity contribution in [3.63, 3.8) is 0 Å². The summed E-state index contributed by atoms with van der Waals surface area (Å²) in [6.07, 6.45) is -0.633. The van der Waals surface area contributed by atoms with Crippen LogP contribution in [0.25, 0.3) is 5.65 Å². The Morgan fingerprint density at radius 1 is 1.22 bits per heavy atom. The number of rotatable bonds is 9. The summed E-state index contributed by atoms with van der Waals surface area (Å²) in [5.41, 5.74) is 0.0138. The monoisotopic (exact) mass is 385 g/mol. The standard InChI is InChI=1S/C18H22F3N3O3/c1-2-6-13-16(17(27)22-10-5-3-4-7-15(25)26)24-11-12(18(19,20)21)8-9-14(24)23-13/h8-9,11H,2-7,10H2,1H3,(H,22,27)(H,25,26). The predicted molar refractivity (Wildman–Crippen MR) is 92.6 cm³/mol. The molecule has 2 aromatic heterocycles. The van der Waals surface area contributed by atoms with Crippen LogP contribution >= 0.6 is 0 Å². The number of halogens is 3. The van der Waals surface area contributed by atoms with Crippen LogP contribution in [-0.2, 0) is 17.4 Å². The lowest BCUT2D eigenvalue weighted by molar-refractivity contribution is -0.138. The molecule has 0 fully saturated rings. The highest BCUT2D eigenvalue weighted by Crippen LogP contribution is 2.30. The summed E-state index contributed by atoms with van der Waals surface area (Å²) in [6.45, 7) is 2.21. The number of carbonyl (C=O) groups excluding carboxylic acids is 1. The lowest BCUT2D eigenvalue weighted by Crippen LogP contribution is -2.27. The minimum atomic E-state index is -4.51. The quantitative estimate of drug-likeness (QED) is 0.645. The summed E-state index contributed by atoms with van der Waals surface area (Å²) in [6, 6.07) is 2.20. The molecule has 0 aliphatic carbocycles. The first-order valence-electron chi connectivity index (χ1n) is 8.82. The highest BCUT2D eigenvalue weighted by molar-refractivity contribution is 5.94. The van der Waals surface area contributed by atoms with Crippen LogP contribution in [0.5, 0.6) is 0 Å². The molecule has 1 amide bonds. The summed E-state index contributed by atoms with van der Waals surface area (Å²) in [7, 11) is 0. The summed E-state index contributed by atoms with van der Waals surface area (Å²) >= 11 is 0. The maximum atomic E-state index is 13.0. The van der Waals surface area contributed by atoms with E-state index in [4.69, 9.17) is 5.11 Å². The van der Waals surface area contributed by atoms with Crippen molar-refractivity contribution < 1.29 is 27.9 Å². The Morgan fingerprint density at radius 3 is 2.59 bits per heavy atom. The number of pyridine rings is 1. The molecule has 0 aliphatic heterocycles. The molecule has 27 heavy (non-hydrogen) atoms. The normalized spacial score (nSPS) is 11.7. The van der Waals surface area contributed by atoms with Crippen LogP contribution in [0.3, 0.4) is 0 Å². The van der Waals surface area contributed by atoms with E-state index in [1.807, 2.05) is 6.92 Å². The van der Waals surface area contributed by atoms with Crippen molar-refractivity contribution in [3.8, 4) is 0 Å². The molecule has 0 radical (unpaired) electrons. The van der Waals surface area contributed by atoms with Gasteiger partial charge >= 0.3 is 12.1 Å². The molecule has 2 heterocycles. The van der Waals surface area contributed by atoms with E-state index in [9.17, 15) is 22.8 Å². The average Bonchev–Trinajstić information content (AvgIpc) is 2.94. The third-order valence-corrected chi connectivity index (χ3v) is 4.07. The molecule has 0 saturated heterocycles. The van der Waals surface area contributed by atoms with E-state index >= 15 is 0 Å². The molecular weight excluding hydrogens is 363 g/mol. The Bertz CT molecular complexity index is 815. The molecule has 0 aliphatic rings. The largest absolute Gasteiger partial charge is 0.481 e. The number of hydrogen-bond acceptors (Lipinski definition) is 3. The average molecular weight is 385 g/mol. The zero-order valence-corrected chi connectivity index (χ0v) is 15.0. The number of hydrogen-bond donors (Lipinski definition) is 2. The van der Waals surface area contributed by atoms with E-state index in [-0.39, 0.29) is 17.8 Å². The number of carboxylic acid groups (broad SMARTS) is 1. The van der Waals surface area contributed by atoms with Gasteiger partial charge in [-0.05, 0) is 31.4 Å². The van der Waals surface area contributed by atoms with Gasteiger partial charge in [-0.3, -0.25) is 14.0 Å². The first-order chi connectivity index (χ1) is 12.7. The van der Waals surface area contributed by atoms with Crippen molar-refractivity contribution in [2.75, 3.05) is 6.54 Å². The fraction of sp³-hybridized carbons (Fsp3) is 0.500. The van der Waals surface area contributed by atoms with Gasteiger partial charge in [0, 0.05) is 19.2 Å². The number of alkyl halides is 3. The summed E-state index contributed by atoms with van der Waals surface area (Å²) in [5.74, 6) is -1.35. The molecule has 2 N–H and O–H groups in total. The predicted octanol–water partition coefficient (Wildman–Crippen LogP) is 3.68. The van der Waals surface area contributed by atoms with Crippen LogP contribution in [0.4, 0.5) is 13.2 Å². The van der Waals surface area contributed by atoms with E-state index in [1.54, 1.807) is 0 Å². The molecule has 0 bridgehead atoms. The lowest BCUT2D eigenvalue weighted by Gasteiger charge is -2.09. The van der Waals surface area contributed by atoms with Gasteiger partial charge in [-0.2, -0.15) is 13.2 Å². The summed E-state index contributed by atoms with van der Waals surface area (Å²) in [4.78, 5) is 27.3. The number of aromatic nitrogens is 2. The van der Waals surface area contributed by atoms with Crippen molar-refractivity contribution in [2.24, 2.45) is 0 Å². The number of aliphatic carboxylic acids is 1. The molecule has 2 rings (SSSR count). The molecule has 0 saturated carbocycles. The van der Waals surface area contributed by atoms with E-state index < -0.39 is 23.6 Å². The van der Waals surface area contributed by atoms with E-state index in [0.29, 0.717) is 44.3 Å². The van der Waals surface area contributed by atoms with Gasteiger partial charge in [0.05, 0.1) is 11.3 Å².